The van der Waals surface area contributed by atoms with Crippen LogP contribution >= 0.6 is 55.2 Å². The SMILES string of the molecule is O=[N+]([O-])c1ccc(Sc2ccc(Cl)cc2)c(CNc2cc(Br)c(O)c(Br)c2)c1. The molecule has 0 radical (unpaired) electrons. The number of rotatable bonds is 6. The number of nitro groups is 1. The van der Waals surface area contributed by atoms with Crippen LogP contribution in [0.1, 0.15) is 5.56 Å². The van der Waals surface area contributed by atoms with Crippen LogP contribution in [0.4, 0.5) is 11.4 Å². The van der Waals surface area contributed by atoms with Gasteiger partial charge in [0.25, 0.3) is 5.69 Å². The first-order valence-corrected chi connectivity index (χ1v) is 10.7. The largest absolute Gasteiger partial charge is 0.506 e. The normalized spacial score (nSPS) is 10.7. The van der Waals surface area contributed by atoms with E-state index >= 15 is 0 Å². The van der Waals surface area contributed by atoms with Crippen molar-refractivity contribution in [1.29, 1.82) is 0 Å². The van der Waals surface area contributed by atoms with Crippen molar-refractivity contribution in [1.82, 2.24) is 0 Å². The fraction of sp³-hybridized carbons (Fsp3) is 0.0526. The number of halogens is 3. The smallest absolute Gasteiger partial charge is 0.269 e. The molecule has 0 unspecified atom stereocenters. The molecule has 0 aliphatic rings. The maximum absolute atomic E-state index is 11.2. The summed E-state index contributed by atoms with van der Waals surface area (Å²) in [5.41, 5.74) is 1.57. The summed E-state index contributed by atoms with van der Waals surface area (Å²) >= 11 is 14.0. The molecule has 0 aromatic heterocycles. The number of anilines is 1. The van der Waals surface area contributed by atoms with E-state index in [1.165, 1.54) is 17.8 Å². The van der Waals surface area contributed by atoms with E-state index in [-0.39, 0.29) is 11.4 Å². The number of phenols is 1. The van der Waals surface area contributed by atoms with Crippen LogP contribution in [-0.2, 0) is 6.54 Å². The van der Waals surface area contributed by atoms with Crippen LogP contribution in [0, 0.1) is 10.1 Å². The van der Waals surface area contributed by atoms with E-state index in [1.54, 1.807) is 36.4 Å². The van der Waals surface area contributed by atoms with Crippen molar-refractivity contribution >= 4 is 66.6 Å². The van der Waals surface area contributed by atoms with Gasteiger partial charge in [-0.1, -0.05) is 23.4 Å². The number of hydrogen-bond acceptors (Lipinski definition) is 5. The van der Waals surface area contributed by atoms with Crippen molar-refractivity contribution in [2.45, 2.75) is 16.3 Å². The molecule has 0 bridgehead atoms. The second-order valence-electron chi connectivity index (χ2n) is 5.75. The lowest BCUT2D eigenvalue weighted by atomic mass is 10.2. The molecular formula is C19H13Br2ClN2O3S. The average molecular weight is 545 g/mol. The summed E-state index contributed by atoms with van der Waals surface area (Å²) in [6.07, 6.45) is 0. The zero-order chi connectivity index (χ0) is 20.3. The number of nitrogens with zero attached hydrogens (tertiary/aromatic N) is 1. The van der Waals surface area contributed by atoms with Crippen LogP contribution in [0.15, 0.2) is 73.3 Å². The highest BCUT2D eigenvalue weighted by atomic mass is 79.9. The van der Waals surface area contributed by atoms with Gasteiger partial charge in [0.15, 0.2) is 0 Å². The van der Waals surface area contributed by atoms with Gasteiger partial charge in [0, 0.05) is 39.2 Å². The molecule has 0 saturated heterocycles. The molecule has 0 saturated carbocycles. The predicted molar refractivity (Wildman–Crippen MR) is 120 cm³/mol. The highest BCUT2D eigenvalue weighted by Gasteiger charge is 2.13. The van der Waals surface area contributed by atoms with Crippen LogP contribution in [0.2, 0.25) is 5.02 Å². The van der Waals surface area contributed by atoms with E-state index in [0.29, 0.717) is 20.5 Å². The Balaban J connectivity index is 1.87. The first kappa shape index (κ1) is 21.0. The van der Waals surface area contributed by atoms with Gasteiger partial charge in [0.05, 0.1) is 13.9 Å². The second-order valence-corrected chi connectivity index (χ2v) is 9.01. The Morgan fingerprint density at radius 2 is 1.71 bits per heavy atom. The van der Waals surface area contributed by atoms with Gasteiger partial charge in [-0.3, -0.25) is 10.1 Å². The molecule has 0 spiro atoms. The molecular weight excluding hydrogens is 532 g/mol. The third-order valence-electron chi connectivity index (χ3n) is 3.80. The minimum absolute atomic E-state index is 0.0327. The molecule has 0 atom stereocenters. The molecule has 0 aliphatic carbocycles. The molecule has 2 N–H and O–H groups in total. The number of nitrogens with one attached hydrogen (secondary N) is 1. The highest BCUT2D eigenvalue weighted by Crippen LogP contribution is 2.36. The van der Waals surface area contributed by atoms with Crippen LogP contribution in [0.5, 0.6) is 5.75 Å². The Morgan fingerprint density at radius 3 is 2.32 bits per heavy atom. The Kier molecular flexibility index (Phi) is 6.87. The molecule has 28 heavy (non-hydrogen) atoms. The zero-order valence-corrected chi connectivity index (χ0v) is 18.9. The summed E-state index contributed by atoms with van der Waals surface area (Å²) in [7, 11) is 0. The lowest BCUT2D eigenvalue weighted by molar-refractivity contribution is -0.385. The van der Waals surface area contributed by atoms with Crippen LogP contribution in [0.3, 0.4) is 0 Å². The van der Waals surface area contributed by atoms with Gasteiger partial charge in [0.1, 0.15) is 5.75 Å². The predicted octanol–water partition coefficient (Wildman–Crippen LogP) is 7.24. The Hall–Kier alpha value is -1.74. The molecule has 3 rings (SSSR count). The molecule has 144 valence electrons. The fourth-order valence-corrected chi connectivity index (χ4v) is 4.65. The van der Waals surface area contributed by atoms with Gasteiger partial charge in [-0.2, -0.15) is 0 Å². The summed E-state index contributed by atoms with van der Waals surface area (Å²) in [5, 5.41) is 24.9. The molecule has 0 heterocycles. The summed E-state index contributed by atoms with van der Waals surface area (Å²) < 4.78 is 1.08. The average Bonchev–Trinajstić information content (AvgIpc) is 2.66. The van der Waals surface area contributed by atoms with Gasteiger partial charge < -0.3 is 10.4 Å². The van der Waals surface area contributed by atoms with E-state index in [4.69, 9.17) is 11.6 Å². The topological polar surface area (TPSA) is 75.4 Å². The van der Waals surface area contributed by atoms with Crippen molar-refractivity contribution < 1.29 is 10.0 Å². The van der Waals surface area contributed by atoms with Gasteiger partial charge in [-0.25, -0.2) is 0 Å². The van der Waals surface area contributed by atoms with E-state index in [2.05, 4.69) is 37.2 Å². The molecule has 0 fully saturated rings. The number of benzene rings is 3. The highest BCUT2D eigenvalue weighted by molar-refractivity contribution is 9.11. The standard InChI is InChI=1S/C19H13Br2ClN2O3S/c20-16-8-13(9-17(21)19(16)25)23-10-11-7-14(24(26)27)3-6-18(11)28-15-4-1-12(22)2-5-15/h1-9,23,25H,10H2. The molecule has 5 nitrogen and oxygen atoms in total. The first-order valence-electron chi connectivity index (χ1n) is 7.96. The van der Waals surface area contributed by atoms with Gasteiger partial charge in [-0.15, -0.1) is 0 Å². The third-order valence-corrected chi connectivity index (χ3v) is 6.38. The van der Waals surface area contributed by atoms with Gasteiger partial charge in [-0.05, 0) is 79.9 Å². The van der Waals surface area contributed by atoms with Crippen molar-refractivity contribution in [3.8, 4) is 5.75 Å². The van der Waals surface area contributed by atoms with Gasteiger partial charge in [0.2, 0.25) is 0 Å². The third kappa shape index (κ3) is 5.20. The first-order chi connectivity index (χ1) is 13.3. The number of nitro benzene ring substituents is 1. The number of hydrogen-bond donors (Lipinski definition) is 2. The zero-order valence-electron chi connectivity index (χ0n) is 14.2. The molecule has 0 amide bonds. The Labute approximate surface area is 187 Å². The maximum Gasteiger partial charge on any atom is 0.269 e. The fourth-order valence-electron chi connectivity index (χ4n) is 2.41. The monoisotopic (exact) mass is 542 g/mol. The molecule has 3 aromatic carbocycles. The van der Waals surface area contributed by atoms with Crippen molar-refractivity contribution in [2.24, 2.45) is 0 Å². The molecule has 0 aliphatic heterocycles. The maximum atomic E-state index is 11.2. The van der Waals surface area contributed by atoms with Gasteiger partial charge >= 0.3 is 0 Å². The van der Waals surface area contributed by atoms with Crippen LogP contribution in [0.25, 0.3) is 0 Å². The Bertz CT molecular complexity index is 1010. The second kappa shape index (κ2) is 9.17. The summed E-state index contributed by atoms with van der Waals surface area (Å²) in [6, 6.07) is 15.7. The lowest BCUT2D eigenvalue weighted by Crippen LogP contribution is -2.02. The van der Waals surface area contributed by atoms with Crippen molar-refractivity contribution in [3.05, 3.63) is 84.2 Å². The number of phenolic OH excluding ortho intramolecular Hbond substituents is 1. The van der Waals surface area contributed by atoms with E-state index in [1.807, 2.05) is 12.1 Å². The van der Waals surface area contributed by atoms with Crippen molar-refractivity contribution in [3.63, 3.8) is 0 Å². The summed E-state index contributed by atoms with van der Waals surface area (Å²) in [4.78, 5) is 12.7. The van der Waals surface area contributed by atoms with Crippen molar-refractivity contribution in [2.75, 3.05) is 5.32 Å². The van der Waals surface area contributed by atoms with E-state index in [0.717, 1.165) is 21.0 Å². The number of non-ortho nitro benzene ring substituents is 1. The minimum atomic E-state index is -0.409. The summed E-state index contributed by atoms with van der Waals surface area (Å²) in [6.45, 7) is 0.376. The quantitative estimate of drug-likeness (QED) is 0.194. The Morgan fingerprint density at radius 1 is 1.07 bits per heavy atom. The van der Waals surface area contributed by atoms with E-state index in [9.17, 15) is 15.2 Å². The lowest BCUT2D eigenvalue weighted by Gasteiger charge is -2.13. The van der Waals surface area contributed by atoms with Crippen LogP contribution in [-0.4, -0.2) is 10.0 Å². The van der Waals surface area contributed by atoms with E-state index < -0.39 is 4.92 Å². The molecule has 9 heteroatoms. The van der Waals surface area contributed by atoms with Crippen LogP contribution < -0.4 is 5.32 Å². The minimum Gasteiger partial charge on any atom is -0.506 e. The molecule has 3 aromatic rings. The summed E-state index contributed by atoms with van der Waals surface area (Å²) in [5.74, 6) is 0.111. The number of aromatic hydroxyl groups is 1.